The molecule has 0 unspecified atom stereocenters. The fraction of sp³-hybridized carbons (Fsp3) is 0.0588. The van der Waals surface area contributed by atoms with E-state index in [-0.39, 0.29) is 0 Å². The van der Waals surface area contributed by atoms with Crippen LogP contribution in [0.15, 0.2) is 64.2 Å². The van der Waals surface area contributed by atoms with E-state index < -0.39 is 11.1 Å². The van der Waals surface area contributed by atoms with Crippen molar-refractivity contribution in [1.82, 2.24) is 19.8 Å². The Bertz CT molecular complexity index is 1130. The molecule has 2 heterocycles. The molecule has 0 aliphatic carbocycles. The lowest BCUT2D eigenvalue weighted by Crippen LogP contribution is -2.35. The molecule has 6 nitrogen and oxygen atoms in total. The van der Waals surface area contributed by atoms with Crippen LogP contribution in [0.1, 0.15) is 11.3 Å². The van der Waals surface area contributed by atoms with Gasteiger partial charge in [0.15, 0.2) is 5.65 Å². The summed E-state index contributed by atoms with van der Waals surface area (Å²) in [6.07, 6.45) is 0.566. The van der Waals surface area contributed by atoms with Crippen LogP contribution in [-0.2, 0) is 6.42 Å². The highest BCUT2D eigenvalue weighted by Crippen LogP contribution is 2.21. The van der Waals surface area contributed by atoms with E-state index in [1.807, 2.05) is 54.6 Å². The van der Waals surface area contributed by atoms with Crippen molar-refractivity contribution in [2.75, 3.05) is 0 Å². The van der Waals surface area contributed by atoms with Gasteiger partial charge < -0.3 is 0 Å². The minimum Gasteiger partial charge on any atom is -0.262 e. The van der Waals surface area contributed by atoms with Gasteiger partial charge in [0.05, 0.1) is 5.69 Å². The molecule has 0 radical (unpaired) electrons. The average molecular weight is 304 g/mol. The van der Waals surface area contributed by atoms with Crippen molar-refractivity contribution in [3.8, 4) is 0 Å². The van der Waals surface area contributed by atoms with Gasteiger partial charge in [0.2, 0.25) is 0 Å². The Morgan fingerprint density at radius 3 is 2.39 bits per heavy atom. The van der Waals surface area contributed by atoms with Crippen LogP contribution in [0.25, 0.3) is 16.4 Å². The van der Waals surface area contributed by atoms with Gasteiger partial charge >= 0.3 is 11.1 Å². The van der Waals surface area contributed by atoms with E-state index in [4.69, 9.17) is 0 Å². The van der Waals surface area contributed by atoms with E-state index in [9.17, 15) is 9.59 Å². The third kappa shape index (κ3) is 2.20. The zero-order chi connectivity index (χ0) is 15.8. The monoisotopic (exact) mass is 304 g/mol. The summed E-state index contributed by atoms with van der Waals surface area (Å²) < 4.78 is 1.08. The molecule has 1 N–H and O–H groups in total. The third-order valence-electron chi connectivity index (χ3n) is 3.76. The van der Waals surface area contributed by atoms with Gasteiger partial charge in [0.1, 0.15) is 0 Å². The second-order valence-corrected chi connectivity index (χ2v) is 5.25. The highest BCUT2D eigenvalue weighted by Gasteiger charge is 2.12. The van der Waals surface area contributed by atoms with E-state index in [1.54, 1.807) is 0 Å². The normalized spacial score (nSPS) is 11.1. The number of H-pyrrole nitrogens is 1. The van der Waals surface area contributed by atoms with Crippen LogP contribution in [-0.4, -0.2) is 19.8 Å². The largest absolute Gasteiger partial charge is 0.340 e. The number of aromatic nitrogens is 4. The van der Waals surface area contributed by atoms with Gasteiger partial charge in [-0.2, -0.15) is 14.7 Å². The Kier molecular flexibility index (Phi) is 3.01. The predicted octanol–water partition coefficient (Wildman–Crippen LogP) is 1.52. The average Bonchev–Trinajstić information content (AvgIpc) is 2.60. The molecule has 2 aromatic carbocycles. The summed E-state index contributed by atoms with van der Waals surface area (Å²) in [5, 5.41) is 12.3. The summed E-state index contributed by atoms with van der Waals surface area (Å²) in [6, 6.07) is 17.4. The molecule has 0 amide bonds. The van der Waals surface area contributed by atoms with Crippen molar-refractivity contribution in [3.63, 3.8) is 0 Å². The number of nitrogens with zero attached hydrogens (tertiary/aromatic N) is 3. The molecule has 0 saturated carbocycles. The molecule has 4 aromatic rings. The van der Waals surface area contributed by atoms with Crippen LogP contribution >= 0.6 is 0 Å². The fourth-order valence-corrected chi connectivity index (χ4v) is 2.68. The van der Waals surface area contributed by atoms with Crippen LogP contribution in [0.4, 0.5) is 0 Å². The summed E-state index contributed by atoms with van der Waals surface area (Å²) in [5.41, 5.74) is 0.650. The van der Waals surface area contributed by atoms with E-state index in [0.717, 1.165) is 26.5 Å². The zero-order valence-corrected chi connectivity index (χ0v) is 12.1. The molecule has 0 aliphatic heterocycles. The highest BCUT2D eigenvalue weighted by molar-refractivity contribution is 5.94. The van der Waals surface area contributed by atoms with E-state index in [1.165, 1.54) is 0 Å². The summed E-state index contributed by atoms with van der Waals surface area (Å²) in [5.74, 6) is 0. The lowest BCUT2D eigenvalue weighted by molar-refractivity contribution is 0.787. The number of hydrogen-bond donors (Lipinski definition) is 1. The van der Waals surface area contributed by atoms with Crippen molar-refractivity contribution in [2.45, 2.75) is 6.42 Å². The molecule has 4 rings (SSSR count). The summed E-state index contributed by atoms with van der Waals surface area (Å²) in [4.78, 5) is 23.6. The Morgan fingerprint density at radius 1 is 0.913 bits per heavy atom. The minimum absolute atomic E-state index is 0.349. The van der Waals surface area contributed by atoms with Gasteiger partial charge in [0.25, 0.3) is 0 Å². The quantitative estimate of drug-likeness (QED) is 0.450. The Labute approximate surface area is 130 Å². The van der Waals surface area contributed by atoms with Gasteiger partial charge in [0, 0.05) is 17.2 Å². The molecule has 112 valence electrons. The lowest BCUT2D eigenvalue weighted by Gasteiger charge is -2.09. The van der Waals surface area contributed by atoms with Gasteiger partial charge in [-0.25, -0.2) is 5.10 Å². The van der Waals surface area contributed by atoms with Crippen LogP contribution in [0.5, 0.6) is 0 Å². The van der Waals surface area contributed by atoms with E-state index in [2.05, 4.69) is 15.3 Å². The van der Waals surface area contributed by atoms with E-state index >= 15 is 0 Å². The second kappa shape index (κ2) is 5.17. The van der Waals surface area contributed by atoms with Crippen LogP contribution in [0.2, 0.25) is 0 Å². The van der Waals surface area contributed by atoms with Crippen LogP contribution < -0.4 is 11.1 Å². The molecule has 0 atom stereocenters. The van der Waals surface area contributed by atoms with E-state index in [0.29, 0.717) is 12.1 Å². The number of hydrogen-bond acceptors (Lipinski definition) is 4. The molecule has 0 aliphatic rings. The zero-order valence-electron chi connectivity index (χ0n) is 12.1. The first-order valence-corrected chi connectivity index (χ1v) is 7.17. The maximum atomic E-state index is 12.1. The molecule has 23 heavy (non-hydrogen) atoms. The van der Waals surface area contributed by atoms with Gasteiger partial charge in [-0.15, -0.1) is 0 Å². The van der Waals surface area contributed by atoms with Crippen LogP contribution in [0.3, 0.4) is 0 Å². The first-order valence-electron chi connectivity index (χ1n) is 7.17. The summed E-state index contributed by atoms with van der Waals surface area (Å²) in [6.45, 7) is 0. The van der Waals surface area contributed by atoms with Crippen molar-refractivity contribution < 1.29 is 0 Å². The van der Waals surface area contributed by atoms with Gasteiger partial charge in [-0.3, -0.25) is 9.59 Å². The lowest BCUT2D eigenvalue weighted by atomic mass is 10.0. The van der Waals surface area contributed by atoms with Crippen LogP contribution in [0, 0.1) is 0 Å². The number of fused-ring (bicyclic) bond motifs is 3. The first kappa shape index (κ1) is 13.4. The van der Waals surface area contributed by atoms with Gasteiger partial charge in [-0.05, 0) is 5.56 Å². The molecule has 0 saturated heterocycles. The summed E-state index contributed by atoms with van der Waals surface area (Å²) >= 11 is 0. The van der Waals surface area contributed by atoms with Crippen molar-refractivity contribution in [2.24, 2.45) is 0 Å². The predicted molar refractivity (Wildman–Crippen MR) is 86.6 cm³/mol. The number of aromatic amines is 1. The molecular formula is C17H12N4O2. The highest BCUT2D eigenvalue weighted by atomic mass is 16.2. The Balaban J connectivity index is 2.07. The molecule has 0 bridgehead atoms. The first-order chi connectivity index (χ1) is 11.2. The topological polar surface area (TPSA) is 80.1 Å². The molecule has 2 aromatic heterocycles. The maximum Gasteiger partial charge on any atom is 0.340 e. The van der Waals surface area contributed by atoms with Crippen molar-refractivity contribution in [3.05, 3.63) is 86.6 Å². The Hall–Kier alpha value is -3.28. The smallest absolute Gasteiger partial charge is 0.262 e. The standard InChI is InChI=1S/C17H12N4O2/c22-16-17(23)21-15(18-19-16)13-9-5-4-8-12(13)14(20-21)10-11-6-2-1-3-7-11/h1-9H,10H2,(H,19,22). The number of nitrogens with one attached hydrogen (secondary N) is 1. The van der Waals surface area contributed by atoms with Crippen molar-refractivity contribution in [1.29, 1.82) is 0 Å². The van der Waals surface area contributed by atoms with Gasteiger partial charge in [-0.1, -0.05) is 54.6 Å². The fourth-order valence-electron chi connectivity index (χ4n) is 2.68. The molecule has 0 spiro atoms. The molecular weight excluding hydrogens is 292 g/mol. The summed E-state index contributed by atoms with van der Waals surface area (Å²) in [7, 11) is 0. The third-order valence-corrected chi connectivity index (χ3v) is 3.76. The number of benzene rings is 2. The Morgan fingerprint density at radius 2 is 1.61 bits per heavy atom. The molecule has 0 fully saturated rings. The maximum absolute atomic E-state index is 12.1. The number of rotatable bonds is 2. The van der Waals surface area contributed by atoms with Crippen molar-refractivity contribution >= 4 is 16.4 Å². The SMILES string of the molecule is O=c1[nH]nc2c3ccccc3c(Cc3ccccc3)nn2c1=O. The molecule has 6 heteroatoms. The second-order valence-electron chi connectivity index (χ2n) is 5.25. The minimum atomic E-state index is -0.782.